The van der Waals surface area contributed by atoms with Crippen molar-refractivity contribution in [2.24, 2.45) is 0 Å². The SMILES string of the molecule is Cc1ccc(NS(=O)(=O)c2cc(C(=O)N3CCc4ccccc43)ccc2Cl)cc1. The number of aryl methyl sites for hydroxylation is 1. The summed E-state index contributed by atoms with van der Waals surface area (Å²) in [5, 5.41) is 0.0583. The quantitative estimate of drug-likeness (QED) is 0.660. The molecule has 0 radical (unpaired) electrons. The Hall–Kier alpha value is -2.83. The van der Waals surface area contributed by atoms with E-state index in [0.29, 0.717) is 12.2 Å². The first kappa shape index (κ1) is 19.5. The molecule has 1 N–H and O–H groups in total. The summed E-state index contributed by atoms with van der Waals surface area (Å²) >= 11 is 6.17. The third kappa shape index (κ3) is 3.86. The normalized spacial score (nSPS) is 13.2. The van der Waals surface area contributed by atoms with E-state index < -0.39 is 10.0 Å². The minimum absolute atomic E-state index is 0.0583. The van der Waals surface area contributed by atoms with Crippen LogP contribution < -0.4 is 9.62 Å². The van der Waals surface area contributed by atoms with Crippen molar-refractivity contribution in [3.8, 4) is 0 Å². The van der Waals surface area contributed by atoms with E-state index in [1.807, 2.05) is 43.3 Å². The Morgan fingerprint density at radius 3 is 2.52 bits per heavy atom. The van der Waals surface area contributed by atoms with E-state index >= 15 is 0 Å². The molecule has 148 valence electrons. The van der Waals surface area contributed by atoms with E-state index in [-0.39, 0.29) is 21.4 Å². The van der Waals surface area contributed by atoms with Crippen molar-refractivity contribution in [3.63, 3.8) is 0 Å². The topological polar surface area (TPSA) is 66.5 Å². The lowest BCUT2D eigenvalue weighted by molar-refractivity contribution is 0.0989. The summed E-state index contributed by atoms with van der Waals surface area (Å²) in [6.07, 6.45) is 0.773. The highest BCUT2D eigenvalue weighted by atomic mass is 35.5. The number of sulfonamides is 1. The zero-order valence-electron chi connectivity index (χ0n) is 15.7. The summed E-state index contributed by atoms with van der Waals surface area (Å²) in [6.45, 7) is 2.48. The Morgan fingerprint density at radius 1 is 1.03 bits per heavy atom. The highest BCUT2D eigenvalue weighted by Gasteiger charge is 2.27. The van der Waals surface area contributed by atoms with E-state index in [9.17, 15) is 13.2 Å². The largest absolute Gasteiger partial charge is 0.308 e. The minimum atomic E-state index is -3.95. The molecule has 3 aromatic rings. The van der Waals surface area contributed by atoms with Crippen molar-refractivity contribution >= 4 is 38.9 Å². The van der Waals surface area contributed by atoms with Gasteiger partial charge in [0, 0.05) is 23.5 Å². The molecule has 0 bridgehead atoms. The molecule has 0 saturated heterocycles. The van der Waals surface area contributed by atoms with Gasteiger partial charge < -0.3 is 4.90 Å². The van der Waals surface area contributed by atoms with Crippen molar-refractivity contribution in [2.75, 3.05) is 16.2 Å². The Labute approximate surface area is 175 Å². The number of hydrogen-bond acceptors (Lipinski definition) is 3. The van der Waals surface area contributed by atoms with Crippen LogP contribution in [0.25, 0.3) is 0 Å². The van der Waals surface area contributed by atoms with Gasteiger partial charge in [-0.2, -0.15) is 0 Å². The summed E-state index contributed by atoms with van der Waals surface area (Å²) in [4.78, 5) is 14.6. The van der Waals surface area contributed by atoms with Crippen LogP contribution >= 0.6 is 11.6 Å². The first-order valence-electron chi connectivity index (χ1n) is 9.14. The number of halogens is 1. The lowest BCUT2D eigenvalue weighted by atomic mass is 10.1. The van der Waals surface area contributed by atoms with Gasteiger partial charge in [-0.25, -0.2) is 8.42 Å². The molecule has 0 spiro atoms. The number of carbonyl (C=O) groups is 1. The molecule has 0 aliphatic carbocycles. The molecule has 0 fully saturated rings. The van der Waals surface area contributed by atoms with Crippen molar-refractivity contribution < 1.29 is 13.2 Å². The zero-order valence-corrected chi connectivity index (χ0v) is 17.3. The average Bonchev–Trinajstić information content (AvgIpc) is 3.13. The molecule has 0 aromatic heterocycles. The predicted octanol–water partition coefficient (Wildman–Crippen LogP) is 4.65. The van der Waals surface area contributed by atoms with E-state index in [1.54, 1.807) is 23.1 Å². The van der Waals surface area contributed by atoms with Gasteiger partial charge >= 0.3 is 0 Å². The molecule has 4 rings (SSSR count). The second kappa shape index (κ2) is 7.54. The van der Waals surface area contributed by atoms with Crippen LogP contribution in [0.15, 0.2) is 71.6 Å². The smallest absolute Gasteiger partial charge is 0.263 e. The Morgan fingerprint density at radius 2 is 1.76 bits per heavy atom. The molecule has 7 heteroatoms. The molecular formula is C22H19ClN2O3S. The zero-order chi connectivity index (χ0) is 20.6. The number of para-hydroxylation sites is 1. The highest BCUT2D eigenvalue weighted by molar-refractivity contribution is 7.92. The van der Waals surface area contributed by atoms with Crippen LogP contribution in [0.1, 0.15) is 21.5 Å². The lowest BCUT2D eigenvalue weighted by Gasteiger charge is -2.18. The maximum absolute atomic E-state index is 13.1. The standard InChI is InChI=1S/C22H19ClN2O3S/c1-15-6-9-18(10-7-15)24-29(27,28)21-14-17(8-11-19(21)23)22(26)25-13-12-16-4-2-3-5-20(16)25/h2-11,14,24H,12-13H2,1H3. The molecule has 1 aliphatic rings. The number of nitrogens with one attached hydrogen (secondary N) is 1. The van der Waals surface area contributed by atoms with Crippen LogP contribution in [0, 0.1) is 6.92 Å². The third-order valence-electron chi connectivity index (χ3n) is 4.90. The number of anilines is 2. The molecule has 1 heterocycles. The van der Waals surface area contributed by atoms with Gasteiger partial charge in [0.15, 0.2) is 0 Å². The monoisotopic (exact) mass is 426 g/mol. The van der Waals surface area contributed by atoms with Crippen LogP contribution in [0.5, 0.6) is 0 Å². The molecule has 1 aliphatic heterocycles. The summed E-state index contributed by atoms with van der Waals surface area (Å²) in [7, 11) is -3.95. The van der Waals surface area contributed by atoms with Gasteiger partial charge in [-0.15, -0.1) is 0 Å². The van der Waals surface area contributed by atoms with Crippen molar-refractivity contribution in [1.82, 2.24) is 0 Å². The van der Waals surface area contributed by atoms with Gasteiger partial charge in [0.05, 0.1) is 5.02 Å². The molecule has 5 nitrogen and oxygen atoms in total. The predicted molar refractivity (Wildman–Crippen MR) is 115 cm³/mol. The van der Waals surface area contributed by atoms with Crippen molar-refractivity contribution in [1.29, 1.82) is 0 Å². The number of rotatable bonds is 4. The van der Waals surface area contributed by atoms with Gasteiger partial charge in [-0.3, -0.25) is 9.52 Å². The first-order chi connectivity index (χ1) is 13.8. The summed E-state index contributed by atoms with van der Waals surface area (Å²) < 4.78 is 28.3. The Bertz CT molecular complexity index is 1190. The number of nitrogens with zero attached hydrogens (tertiary/aromatic N) is 1. The maximum Gasteiger partial charge on any atom is 0.263 e. The molecular weight excluding hydrogens is 408 g/mol. The fourth-order valence-electron chi connectivity index (χ4n) is 3.38. The van der Waals surface area contributed by atoms with Crippen LogP contribution in [0.3, 0.4) is 0 Å². The molecule has 3 aromatic carbocycles. The third-order valence-corrected chi connectivity index (χ3v) is 6.77. The average molecular weight is 427 g/mol. The highest BCUT2D eigenvalue weighted by Crippen LogP contribution is 2.31. The first-order valence-corrected chi connectivity index (χ1v) is 11.0. The lowest BCUT2D eigenvalue weighted by Crippen LogP contribution is -2.29. The molecule has 1 amide bonds. The Balaban J connectivity index is 1.66. The van der Waals surface area contributed by atoms with Crippen LogP contribution in [0.2, 0.25) is 5.02 Å². The van der Waals surface area contributed by atoms with E-state index in [4.69, 9.17) is 11.6 Å². The van der Waals surface area contributed by atoms with Crippen molar-refractivity contribution in [3.05, 3.63) is 88.4 Å². The number of carbonyl (C=O) groups excluding carboxylic acids is 1. The van der Waals surface area contributed by atoms with E-state index in [2.05, 4.69) is 4.72 Å². The van der Waals surface area contributed by atoms with Gasteiger partial charge in [-0.05, 0) is 55.3 Å². The molecule has 0 saturated carbocycles. The van der Waals surface area contributed by atoms with Gasteiger partial charge in [0.25, 0.3) is 15.9 Å². The number of amides is 1. The summed E-state index contributed by atoms with van der Waals surface area (Å²) in [6, 6.07) is 19.0. The fraction of sp³-hybridized carbons (Fsp3) is 0.136. The molecule has 0 unspecified atom stereocenters. The van der Waals surface area contributed by atoms with Crippen LogP contribution in [-0.4, -0.2) is 20.9 Å². The number of fused-ring (bicyclic) bond motifs is 1. The van der Waals surface area contributed by atoms with Crippen molar-refractivity contribution in [2.45, 2.75) is 18.2 Å². The number of hydrogen-bond donors (Lipinski definition) is 1. The van der Waals surface area contributed by atoms with Gasteiger partial charge in [0.1, 0.15) is 4.90 Å². The van der Waals surface area contributed by atoms with E-state index in [1.165, 1.54) is 12.1 Å². The maximum atomic E-state index is 13.1. The Kier molecular flexibility index (Phi) is 5.06. The number of benzene rings is 3. The van der Waals surface area contributed by atoms with Gasteiger partial charge in [-0.1, -0.05) is 47.5 Å². The summed E-state index contributed by atoms with van der Waals surface area (Å²) in [5.74, 6) is -0.251. The fourth-order valence-corrected chi connectivity index (χ4v) is 4.96. The van der Waals surface area contributed by atoms with Crippen LogP contribution in [-0.2, 0) is 16.4 Å². The minimum Gasteiger partial charge on any atom is -0.308 e. The molecule has 0 atom stereocenters. The second-order valence-corrected chi connectivity index (χ2v) is 9.01. The second-order valence-electron chi connectivity index (χ2n) is 6.95. The van der Waals surface area contributed by atoms with Crippen LogP contribution in [0.4, 0.5) is 11.4 Å². The van der Waals surface area contributed by atoms with Gasteiger partial charge in [0.2, 0.25) is 0 Å². The summed E-state index contributed by atoms with van der Waals surface area (Å²) in [5.41, 5.74) is 3.68. The van der Waals surface area contributed by atoms with E-state index in [0.717, 1.165) is 23.2 Å². The molecule has 29 heavy (non-hydrogen) atoms.